The van der Waals surface area contributed by atoms with Gasteiger partial charge in [0.2, 0.25) is 0 Å². The van der Waals surface area contributed by atoms with Gasteiger partial charge in [-0.1, -0.05) is 69.6 Å². The Morgan fingerprint density at radius 2 is 1.34 bits per heavy atom. The number of nitrogens with zero attached hydrogens (tertiary/aromatic N) is 1. The molecule has 0 aliphatic heterocycles. The van der Waals surface area contributed by atoms with Gasteiger partial charge >= 0.3 is 0 Å². The van der Waals surface area contributed by atoms with Crippen molar-refractivity contribution in [2.24, 2.45) is 17.8 Å². The molecule has 0 aromatic heterocycles. The minimum Gasteiger partial charge on any atom is -0.216 e. The molecule has 0 saturated heterocycles. The first kappa shape index (κ1) is 22.1. The van der Waals surface area contributed by atoms with E-state index >= 15 is 0 Å². The number of unbranched alkanes of at least 4 members (excludes halogenated alkanes) is 2. The van der Waals surface area contributed by atoms with Crippen molar-refractivity contribution in [1.82, 2.24) is 0 Å². The molecule has 0 radical (unpaired) electrons. The molecule has 29 heavy (non-hydrogen) atoms. The van der Waals surface area contributed by atoms with Crippen LogP contribution >= 0.6 is 0 Å². The predicted molar refractivity (Wildman–Crippen MR) is 119 cm³/mol. The number of benzene rings is 1. The molecule has 0 atom stereocenters. The van der Waals surface area contributed by atoms with Gasteiger partial charge in [-0.25, -0.2) is 4.39 Å². The van der Waals surface area contributed by atoms with Crippen LogP contribution in [0.4, 0.5) is 4.39 Å². The number of hydrogen-bond donors (Lipinski definition) is 0. The molecular formula is C27H38FN. The van der Waals surface area contributed by atoms with E-state index in [1.165, 1.54) is 82.6 Å². The summed E-state index contributed by atoms with van der Waals surface area (Å²) in [7, 11) is 0. The summed E-state index contributed by atoms with van der Waals surface area (Å²) >= 11 is 0. The van der Waals surface area contributed by atoms with E-state index in [9.17, 15) is 4.39 Å². The van der Waals surface area contributed by atoms with E-state index in [0.717, 1.165) is 36.2 Å². The molecule has 1 aromatic rings. The molecule has 0 spiro atoms. The topological polar surface area (TPSA) is 23.8 Å². The van der Waals surface area contributed by atoms with Crippen LogP contribution in [0.2, 0.25) is 0 Å². The Morgan fingerprint density at radius 1 is 0.793 bits per heavy atom. The Hall–Kier alpha value is -1.62. The summed E-state index contributed by atoms with van der Waals surface area (Å²) in [6.45, 7) is 0. The average molecular weight is 396 g/mol. The summed E-state index contributed by atoms with van der Waals surface area (Å²) in [5.74, 6) is 3.54. The van der Waals surface area contributed by atoms with Crippen LogP contribution in [0.1, 0.15) is 107 Å². The average Bonchev–Trinajstić information content (AvgIpc) is 2.79. The van der Waals surface area contributed by atoms with Gasteiger partial charge in [0.25, 0.3) is 0 Å². The highest BCUT2D eigenvalue weighted by atomic mass is 19.1. The molecule has 2 aliphatic carbocycles. The first-order chi connectivity index (χ1) is 14.3. The largest absolute Gasteiger partial charge is 0.216 e. The summed E-state index contributed by atoms with van der Waals surface area (Å²) in [5, 5.41) is 8.96. The van der Waals surface area contributed by atoms with Crippen molar-refractivity contribution in [3.63, 3.8) is 0 Å². The Bertz CT molecular complexity index is 640. The second-order valence-corrected chi connectivity index (χ2v) is 9.56. The Morgan fingerprint density at radius 3 is 1.90 bits per heavy atom. The Labute approximate surface area is 177 Å². The van der Waals surface area contributed by atoms with Crippen molar-refractivity contribution < 1.29 is 4.39 Å². The van der Waals surface area contributed by atoms with E-state index in [1.54, 1.807) is 6.08 Å². The zero-order valence-corrected chi connectivity index (χ0v) is 18.0. The van der Waals surface area contributed by atoms with Gasteiger partial charge in [-0.15, -0.1) is 0 Å². The van der Waals surface area contributed by atoms with Crippen molar-refractivity contribution in [2.75, 3.05) is 0 Å². The molecule has 0 bridgehead atoms. The maximum absolute atomic E-state index is 12.0. The van der Waals surface area contributed by atoms with E-state index in [1.807, 2.05) is 12.1 Å². The van der Waals surface area contributed by atoms with Crippen molar-refractivity contribution in [1.29, 1.82) is 5.26 Å². The van der Waals surface area contributed by atoms with Crippen molar-refractivity contribution in [3.8, 4) is 6.07 Å². The van der Waals surface area contributed by atoms with E-state index in [0.29, 0.717) is 12.2 Å². The highest BCUT2D eigenvalue weighted by molar-refractivity contribution is 5.33. The van der Waals surface area contributed by atoms with Gasteiger partial charge in [0.15, 0.2) is 0 Å². The van der Waals surface area contributed by atoms with Gasteiger partial charge < -0.3 is 0 Å². The first-order valence-electron chi connectivity index (χ1n) is 12.0. The van der Waals surface area contributed by atoms with E-state index in [4.69, 9.17) is 5.26 Å². The summed E-state index contributed by atoms with van der Waals surface area (Å²) in [5.41, 5.74) is 2.20. The second-order valence-electron chi connectivity index (χ2n) is 9.56. The molecule has 2 fully saturated rings. The molecule has 158 valence electrons. The lowest BCUT2D eigenvalue weighted by atomic mass is 9.74. The second kappa shape index (κ2) is 12.2. The number of nitriles is 1. The number of rotatable bonds is 9. The minimum atomic E-state index is 0.685. The third-order valence-corrected chi connectivity index (χ3v) is 7.63. The van der Waals surface area contributed by atoms with Crippen molar-refractivity contribution in [2.45, 2.75) is 95.8 Å². The maximum atomic E-state index is 12.0. The van der Waals surface area contributed by atoms with Crippen LogP contribution in [0.25, 0.3) is 0 Å². The third kappa shape index (κ3) is 7.29. The van der Waals surface area contributed by atoms with Gasteiger partial charge in [-0.2, -0.15) is 5.26 Å². The molecule has 0 unspecified atom stereocenters. The molecule has 1 aromatic carbocycles. The molecule has 2 saturated carbocycles. The number of hydrogen-bond acceptors (Lipinski definition) is 1. The quantitative estimate of drug-likeness (QED) is 0.385. The summed E-state index contributed by atoms with van der Waals surface area (Å²) in [6, 6.07) is 10.5. The molecule has 3 rings (SSSR count). The van der Waals surface area contributed by atoms with Crippen LogP contribution in [0.5, 0.6) is 0 Å². The van der Waals surface area contributed by atoms with Crippen LogP contribution < -0.4 is 0 Å². The highest BCUT2D eigenvalue weighted by Gasteiger charge is 2.25. The number of allylic oxidation sites excluding steroid dienone is 1. The minimum absolute atomic E-state index is 0.685. The molecular weight excluding hydrogens is 357 g/mol. The van der Waals surface area contributed by atoms with E-state index in [-0.39, 0.29) is 0 Å². The first-order valence-corrected chi connectivity index (χ1v) is 12.0. The fourth-order valence-corrected chi connectivity index (χ4v) is 5.65. The molecule has 0 heterocycles. The maximum Gasteiger partial charge on any atom is 0.0991 e. The standard InChI is InChI=1S/C27H38FN/c28-20-4-2-1-3-5-22-6-8-23(9-7-22)10-11-24-12-16-26(17-13-24)27-18-14-25(21-29)15-19-27/h4,14-15,18-20,22-24,26H,1-3,5-13,16-17H2/b20-4+. The van der Waals surface area contributed by atoms with Crippen LogP contribution in [-0.4, -0.2) is 0 Å². The van der Waals surface area contributed by atoms with Crippen molar-refractivity contribution in [3.05, 3.63) is 47.8 Å². The fraction of sp³-hybridized carbons (Fsp3) is 0.667. The van der Waals surface area contributed by atoms with Crippen LogP contribution in [-0.2, 0) is 0 Å². The molecule has 0 amide bonds. The lowest BCUT2D eigenvalue weighted by Gasteiger charge is -2.32. The van der Waals surface area contributed by atoms with Crippen LogP contribution in [0.15, 0.2) is 36.7 Å². The highest BCUT2D eigenvalue weighted by Crippen LogP contribution is 2.40. The van der Waals surface area contributed by atoms with Gasteiger partial charge in [0, 0.05) is 0 Å². The van der Waals surface area contributed by atoms with E-state index in [2.05, 4.69) is 18.2 Å². The predicted octanol–water partition coefficient (Wildman–Crippen LogP) is 8.46. The Balaban J connectivity index is 1.28. The molecule has 2 heteroatoms. The fourth-order valence-electron chi connectivity index (χ4n) is 5.65. The summed E-state index contributed by atoms with van der Waals surface area (Å²) in [4.78, 5) is 0. The van der Waals surface area contributed by atoms with Crippen LogP contribution in [0, 0.1) is 29.1 Å². The van der Waals surface area contributed by atoms with Crippen LogP contribution in [0.3, 0.4) is 0 Å². The van der Waals surface area contributed by atoms with E-state index < -0.39 is 0 Å². The molecule has 0 N–H and O–H groups in total. The monoisotopic (exact) mass is 395 g/mol. The summed E-state index contributed by atoms with van der Waals surface area (Å²) < 4.78 is 12.0. The lowest BCUT2D eigenvalue weighted by Crippen LogP contribution is -2.17. The van der Waals surface area contributed by atoms with Gasteiger partial charge in [0.05, 0.1) is 18.0 Å². The van der Waals surface area contributed by atoms with Crippen molar-refractivity contribution >= 4 is 0 Å². The SMILES string of the molecule is N#Cc1ccc(C2CCC(CCC3CCC(CCCC/C=C/F)CC3)CC2)cc1. The lowest BCUT2D eigenvalue weighted by molar-refractivity contribution is 0.222. The number of halogens is 1. The zero-order chi connectivity index (χ0) is 20.3. The smallest absolute Gasteiger partial charge is 0.0991 e. The van der Waals surface area contributed by atoms with Gasteiger partial charge in [0.1, 0.15) is 0 Å². The molecule has 1 nitrogen and oxygen atoms in total. The van der Waals surface area contributed by atoms with Gasteiger partial charge in [-0.3, -0.25) is 0 Å². The molecule has 2 aliphatic rings. The normalized spacial score (nSPS) is 27.7. The summed E-state index contributed by atoms with van der Waals surface area (Å²) in [6.07, 6.45) is 21.0. The zero-order valence-electron chi connectivity index (χ0n) is 18.0. The Kier molecular flexibility index (Phi) is 9.26. The third-order valence-electron chi connectivity index (χ3n) is 7.63. The van der Waals surface area contributed by atoms with Gasteiger partial charge in [-0.05, 0) is 79.9 Å².